The first kappa shape index (κ1) is 9.65. The quantitative estimate of drug-likeness (QED) is 0.456. The second kappa shape index (κ2) is 5.25. The van der Waals surface area contributed by atoms with Gasteiger partial charge in [0.15, 0.2) is 0 Å². The van der Waals surface area contributed by atoms with Crippen LogP contribution in [0.15, 0.2) is 20.9 Å². The van der Waals surface area contributed by atoms with E-state index < -0.39 is 0 Å². The molecule has 0 radical (unpaired) electrons. The summed E-state index contributed by atoms with van der Waals surface area (Å²) >= 11 is 5.11. The van der Waals surface area contributed by atoms with Gasteiger partial charge in [-0.15, -0.1) is 11.3 Å². The molecule has 0 aliphatic carbocycles. The Kier molecular flexibility index (Phi) is 4.22. The molecule has 12 heavy (non-hydrogen) atoms. The summed E-state index contributed by atoms with van der Waals surface area (Å²) < 4.78 is 1.15. The van der Waals surface area contributed by atoms with Crippen LogP contribution in [-0.4, -0.2) is 12.6 Å². The first-order valence-corrected chi connectivity index (χ1v) is 5.21. The highest BCUT2D eigenvalue weighted by Crippen LogP contribution is 2.22. The molecule has 0 saturated carbocycles. The number of hydrogen-bond donors (Lipinski definition) is 0. The average Bonchev–Trinajstić information content (AvgIpc) is 2.45. The van der Waals surface area contributed by atoms with Crippen LogP contribution >= 0.6 is 27.3 Å². The van der Waals surface area contributed by atoms with Gasteiger partial charge in [0.25, 0.3) is 0 Å². The molecule has 0 unspecified atom stereocenters. The van der Waals surface area contributed by atoms with Crippen molar-refractivity contribution >= 4 is 33.3 Å². The van der Waals surface area contributed by atoms with Crippen molar-refractivity contribution in [2.45, 2.75) is 12.8 Å². The Balaban J connectivity index is 2.28. The van der Waals surface area contributed by atoms with Gasteiger partial charge in [0.1, 0.15) is 0 Å². The number of hydrogen-bond acceptors (Lipinski definition) is 3. The molecule has 0 bridgehead atoms. The van der Waals surface area contributed by atoms with E-state index in [-0.39, 0.29) is 0 Å². The van der Waals surface area contributed by atoms with Gasteiger partial charge in [-0.25, -0.2) is 9.79 Å². The molecule has 64 valence electrons. The zero-order valence-corrected chi connectivity index (χ0v) is 8.82. The molecule has 4 heteroatoms. The molecule has 1 heterocycles. The monoisotopic (exact) mass is 245 g/mol. The molecule has 0 amide bonds. The maximum atomic E-state index is 9.72. The van der Waals surface area contributed by atoms with Gasteiger partial charge < -0.3 is 0 Å². The van der Waals surface area contributed by atoms with Crippen LogP contribution in [0.4, 0.5) is 0 Å². The van der Waals surface area contributed by atoms with E-state index in [0.29, 0.717) is 6.54 Å². The Labute approximate surface area is 83.5 Å². The molecule has 0 N–H and O–H groups in total. The molecular weight excluding hydrogens is 238 g/mol. The lowest BCUT2D eigenvalue weighted by Crippen LogP contribution is -1.83. The fourth-order valence-electron chi connectivity index (χ4n) is 0.864. The summed E-state index contributed by atoms with van der Waals surface area (Å²) in [6.45, 7) is 0.582. The van der Waals surface area contributed by atoms with Gasteiger partial charge in [-0.1, -0.05) is 0 Å². The van der Waals surface area contributed by atoms with Crippen LogP contribution in [0.1, 0.15) is 11.3 Å². The highest BCUT2D eigenvalue weighted by molar-refractivity contribution is 9.11. The van der Waals surface area contributed by atoms with Gasteiger partial charge in [-0.2, -0.15) is 0 Å². The SMILES string of the molecule is O=C=NCCCc1ccc(Br)s1. The minimum absolute atomic E-state index is 0.582. The van der Waals surface area contributed by atoms with Crippen LogP contribution in [0, 0.1) is 0 Å². The predicted octanol–water partition coefficient (Wildman–Crippen LogP) is 2.78. The standard InChI is InChI=1S/C8H8BrNOS/c9-8-4-3-7(12-8)2-1-5-10-6-11/h3-4H,1-2,5H2. The summed E-state index contributed by atoms with van der Waals surface area (Å²) in [6, 6.07) is 4.11. The Hall–Kier alpha value is -0.440. The van der Waals surface area contributed by atoms with E-state index in [1.54, 1.807) is 11.3 Å². The van der Waals surface area contributed by atoms with Gasteiger partial charge in [0.2, 0.25) is 6.08 Å². The largest absolute Gasteiger partial charge is 0.234 e. The van der Waals surface area contributed by atoms with Crippen LogP contribution in [-0.2, 0) is 11.2 Å². The summed E-state index contributed by atoms with van der Waals surface area (Å²) in [5.41, 5.74) is 0. The lowest BCUT2D eigenvalue weighted by atomic mass is 10.3. The van der Waals surface area contributed by atoms with Gasteiger partial charge in [0, 0.05) is 4.88 Å². The number of nitrogens with zero attached hydrogens (tertiary/aromatic N) is 1. The van der Waals surface area contributed by atoms with Crippen LogP contribution in [0.5, 0.6) is 0 Å². The molecule has 1 aromatic heterocycles. The van der Waals surface area contributed by atoms with E-state index in [2.05, 4.69) is 27.0 Å². The third kappa shape index (κ3) is 3.30. The highest BCUT2D eigenvalue weighted by atomic mass is 79.9. The predicted molar refractivity (Wildman–Crippen MR) is 53.3 cm³/mol. The Morgan fingerprint density at radius 3 is 3.00 bits per heavy atom. The molecule has 0 spiro atoms. The number of rotatable bonds is 4. The van der Waals surface area contributed by atoms with Crippen molar-refractivity contribution in [2.24, 2.45) is 4.99 Å². The van der Waals surface area contributed by atoms with Crippen molar-refractivity contribution in [1.29, 1.82) is 0 Å². The molecule has 1 aromatic rings. The Morgan fingerprint density at radius 2 is 2.42 bits per heavy atom. The van der Waals surface area contributed by atoms with Gasteiger partial charge >= 0.3 is 0 Å². The molecular formula is C8H8BrNOS. The smallest absolute Gasteiger partial charge is 0.211 e. The number of thiophene rings is 1. The number of carbonyl (C=O) groups excluding carboxylic acids is 1. The lowest BCUT2D eigenvalue weighted by Gasteiger charge is -1.90. The topological polar surface area (TPSA) is 29.4 Å². The van der Waals surface area contributed by atoms with Crippen LogP contribution in [0.2, 0.25) is 0 Å². The zero-order valence-electron chi connectivity index (χ0n) is 6.42. The van der Waals surface area contributed by atoms with Gasteiger partial charge in [0.05, 0.1) is 10.3 Å². The van der Waals surface area contributed by atoms with E-state index in [1.165, 1.54) is 11.0 Å². The second-order valence-electron chi connectivity index (χ2n) is 2.28. The van der Waals surface area contributed by atoms with E-state index >= 15 is 0 Å². The summed E-state index contributed by atoms with van der Waals surface area (Å²) in [6.07, 6.45) is 3.43. The van der Waals surface area contributed by atoms with Gasteiger partial charge in [-0.05, 0) is 40.9 Å². The van der Waals surface area contributed by atoms with Crippen molar-refractivity contribution in [3.63, 3.8) is 0 Å². The van der Waals surface area contributed by atoms with E-state index in [0.717, 1.165) is 16.6 Å². The molecule has 0 aliphatic heterocycles. The number of halogens is 1. The first-order valence-electron chi connectivity index (χ1n) is 3.61. The molecule has 1 rings (SSSR count). The number of aryl methyl sites for hydroxylation is 1. The van der Waals surface area contributed by atoms with Gasteiger partial charge in [-0.3, -0.25) is 0 Å². The van der Waals surface area contributed by atoms with E-state index in [1.807, 2.05) is 6.07 Å². The molecule has 0 saturated heterocycles. The second-order valence-corrected chi connectivity index (χ2v) is 4.83. The van der Waals surface area contributed by atoms with Crippen molar-refractivity contribution in [1.82, 2.24) is 0 Å². The maximum Gasteiger partial charge on any atom is 0.234 e. The minimum Gasteiger partial charge on any atom is -0.211 e. The van der Waals surface area contributed by atoms with Crippen molar-refractivity contribution < 1.29 is 4.79 Å². The summed E-state index contributed by atoms with van der Waals surface area (Å²) in [5.74, 6) is 0. The molecule has 0 fully saturated rings. The fraction of sp³-hybridized carbons (Fsp3) is 0.375. The number of isocyanates is 1. The molecule has 0 aromatic carbocycles. The van der Waals surface area contributed by atoms with E-state index in [9.17, 15) is 4.79 Å². The van der Waals surface area contributed by atoms with Crippen LogP contribution < -0.4 is 0 Å². The van der Waals surface area contributed by atoms with Crippen molar-refractivity contribution in [3.05, 3.63) is 20.8 Å². The van der Waals surface area contributed by atoms with Crippen LogP contribution in [0.25, 0.3) is 0 Å². The highest BCUT2D eigenvalue weighted by Gasteiger charge is 1.96. The van der Waals surface area contributed by atoms with Crippen LogP contribution in [0.3, 0.4) is 0 Å². The number of aliphatic imine (C=N–C) groups is 1. The normalized spacial score (nSPS) is 9.42. The minimum atomic E-state index is 0.582. The maximum absolute atomic E-state index is 9.72. The third-order valence-electron chi connectivity index (χ3n) is 1.39. The fourth-order valence-corrected chi connectivity index (χ4v) is 2.39. The van der Waals surface area contributed by atoms with Crippen molar-refractivity contribution in [2.75, 3.05) is 6.54 Å². The third-order valence-corrected chi connectivity index (χ3v) is 3.07. The summed E-state index contributed by atoms with van der Waals surface area (Å²) in [7, 11) is 0. The summed E-state index contributed by atoms with van der Waals surface area (Å²) in [5, 5.41) is 0. The first-order chi connectivity index (χ1) is 5.83. The molecule has 0 aliphatic rings. The van der Waals surface area contributed by atoms with E-state index in [4.69, 9.17) is 0 Å². The van der Waals surface area contributed by atoms with Crippen molar-refractivity contribution in [3.8, 4) is 0 Å². The Bertz CT molecular complexity index is 291. The lowest BCUT2D eigenvalue weighted by molar-refractivity contribution is 0.562. The molecule has 2 nitrogen and oxygen atoms in total. The summed E-state index contributed by atoms with van der Waals surface area (Å²) in [4.78, 5) is 14.5. The zero-order chi connectivity index (χ0) is 8.81. The molecule has 0 atom stereocenters. The average molecular weight is 246 g/mol. The Morgan fingerprint density at radius 1 is 1.58 bits per heavy atom.